The van der Waals surface area contributed by atoms with E-state index in [0.29, 0.717) is 6.61 Å². The lowest BCUT2D eigenvalue weighted by atomic mass is 10.0. The predicted molar refractivity (Wildman–Crippen MR) is 84.0 cm³/mol. The molecule has 1 atom stereocenters. The summed E-state index contributed by atoms with van der Waals surface area (Å²) in [7, 11) is 1.68. The highest BCUT2D eigenvalue weighted by Gasteiger charge is 2.38. The van der Waals surface area contributed by atoms with Crippen molar-refractivity contribution < 1.29 is 9.53 Å². The molecular formula is C16H25N5O2. The van der Waals surface area contributed by atoms with Crippen molar-refractivity contribution in [1.29, 1.82) is 0 Å². The number of rotatable bonds is 4. The number of fused-ring (bicyclic) bond motifs is 1. The number of hydrogen-bond donors (Lipinski definition) is 0. The Balaban J connectivity index is 1.57. The number of carbonyl (C=O) groups is 1. The fourth-order valence-electron chi connectivity index (χ4n) is 3.73. The van der Waals surface area contributed by atoms with Crippen molar-refractivity contribution in [2.24, 2.45) is 5.92 Å². The van der Waals surface area contributed by atoms with Gasteiger partial charge in [-0.05, 0) is 31.6 Å². The predicted octanol–water partition coefficient (Wildman–Crippen LogP) is 1.45. The SMILES string of the molecule is COC[C@H]1c2nnn(CC3CC3)c2CCN1C(=O)N1CCCC1. The number of likely N-dealkylation sites (tertiary alicyclic amines) is 1. The first-order valence-electron chi connectivity index (χ1n) is 8.74. The summed E-state index contributed by atoms with van der Waals surface area (Å²) in [5.74, 6) is 0.769. The number of urea groups is 1. The monoisotopic (exact) mass is 319 g/mol. The van der Waals surface area contributed by atoms with Crippen molar-refractivity contribution >= 4 is 6.03 Å². The quantitative estimate of drug-likeness (QED) is 0.842. The maximum Gasteiger partial charge on any atom is 0.320 e. The van der Waals surface area contributed by atoms with Crippen LogP contribution in [0.15, 0.2) is 0 Å². The second-order valence-electron chi connectivity index (χ2n) is 6.94. The second kappa shape index (κ2) is 6.11. The summed E-state index contributed by atoms with van der Waals surface area (Å²) in [4.78, 5) is 16.7. The smallest absolute Gasteiger partial charge is 0.320 e. The van der Waals surface area contributed by atoms with E-state index in [1.165, 1.54) is 18.5 Å². The number of amides is 2. The molecule has 4 rings (SSSR count). The molecule has 1 aliphatic carbocycles. The van der Waals surface area contributed by atoms with E-state index >= 15 is 0 Å². The van der Waals surface area contributed by atoms with Gasteiger partial charge in [-0.25, -0.2) is 9.48 Å². The van der Waals surface area contributed by atoms with Gasteiger partial charge in [0, 0.05) is 39.7 Å². The zero-order valence-electron chi connectivity index (χ0n) is 13.8. The van der Waals surface area contributed by atoms with Crippen LogP contribution < -0.4 is 0 Å². The van der Waals surface area contributed by atoms with Gasteiger partial charge in [0.15, 0.2) is 0 Å². The third kappa shape index (κ3) is 2.82. The van der Waals surface area contributed by atoms with Crippen LogP contribution in [0.3, 0.4) is 0 Å². The zero-order chi connectivity index (χ0) is 15.8. The highest BCUT2D eigenvalue weighted by Crippen LogP contribution is 2.34. The number of aromatic nitrogens is 3. The van der Waals surface area contributed by atoms with Gasteiger partial charge >= 0.3 is 6.03 Å². The van der Waals surface area contributed by atoms with Crippen LogP contribution in [0.4, 0.5) is 4.79 Å². The van der Waals surface area contributed by atoms with E-state index < -0.39 is 0 Å². The molecule has 3 heterocycles. The summed E-state index contributed by atoms with van der Waals surface area (Å²) < 4.78 is 7.46. The van der Waals surface area contributed by atoms with Crippen LogP contribution in [0.1, 0.15) is 43.1 Å². The Kier molecular flexibility index (Phi) is 3.97. The van der Waals surface area contributed by atoms with Crippen LogP contribution in [-0.4, -0.2) is 64.2 Å². The second-order valence-corrected chi connectivity index (χ2v) is 6.94. The molecule has 7 nitrogen and oxygen atoms in total. The van der Waals surface area contributed by atoms with Gasteiger partial charge in [0.25, 0.3) is 0 Å². The highest BCUT2D eigenvalue weighted by molar-refractivity contribution is 5.75. The minimum absolute atomic E-state index is 0.107. The van der Waals surface area contributed by atoms with E-state index in [-0.39, 0.29) is 12.1 Å². The molecule has 2 fully saturated rings. The van der Waals surface area contributed by atoms with Gasteiger partial charge in [0.05, 0.1) is 12.3 Å². The Morgan fingerprint density at radius 3 is 2.74 bits per heavy atom. The number of nitrogens with zero attached hydrogens (tertiary/aromatic N) is 5. The van der Waals surface area contributed by atoms with E-state index in [1.807, 2.05) is 9.80 Å². The van der Waals surface area contributed by atoms with Crippen LogP contribution in [-0.2, 0) is 17.7 Å². The van der Waals surface area contributed by atoms with Gasteiger partial charge in [0.1, 0.15) is 11.7 Å². The summed E-state index contributed by atoms with van der Waals surface area (Å²) >= 11 is 0. The highest BCUT2D eigenvalue weighted by atomic mass is 16.5. The van der Waals surface area contributed by atoms with Gasteiger partial charge in [-0.1, -0.05) is 5.21 Å². The average Bonchev–Trinajstić information content (AvgIpc) is 3.05. The van der Waals surface area contributed by atoms with Gasteiger partial charge in [-0.2, -0.15) is 0 Å². The Morgan fingerprint density at radius 1 is 1.26 bits per heavy atom. The molecule has 2 amide bonds. The first-order chi connectivity index (χ1) is 11.3. The van der Waals surface area contributed by atoms with E-state index in [4.69, 9.17) is 4.74 Å². The summed E-state index contributed by atoms with van der Waals surface area (Å²) in [5, 5.41) is 8.78. The molecule has 0 spiro atoms. The molecule has 0 bridgehead atoms. The molecule has 1 saturated carbocycles. The van der Waals surface area contributed by atoms with Gasteiger partial charge in [-0.15, -0.1) is 5.10 Å². The maximum absolute atomic E-state index is 12.8. The molecular weight excluding hydrogens is 294 g/mol. The van der Waals surface area contributed by atoms with Crippen LogP contribution in [0.5, 0.6) is 0 Å². The number of carbonyl (C=O) groups excluding carboxylic acids is 1. The molecule has 0 N–H and O–H groups in total. The number of hydrogen-bond acceptors (Lipinski definition) is 4. The van der Waals surface area contributed by atoms with Gasteiger partial charge in [-0.3, -0.25) is 0 Å². The van der Waals surface area contributed by atoms with Crippen molar-refractivity contribution in [3.63, 3.8) is 0 Å². The molecule has 0 aromatic carbocycles. The summed E-state index contributed by atoms with van der Waals surface area (Å²) in [6.45, 7) is 3.93. The topological polar surface area (TPSA) is 63.5 Å². The van der Waals surface area contributed by atoms with E-state index in [0.717, 1.165) is 57.1 Å². The van der Waals surface area contributed by atoms with Crippen molar-refractivity contribution in [1.82, 2.24) is 24.8 Å². The molecule has 1 aromatic rings. The Bertz CT molecular complexity index is 577. The molecule has 1 saturated heterocycles. The molecule has 2 aliphatic heterocycles. The number of methoxy groups -OCH3 is 1. The first-order valence-corrected chi connectivity index (χ1v) is 8.74. The fraction of sp³-hybridized carbons (Fsp3) is 0.812. The molecule has 23 heavy (non-hydrogen) atoms. The van der Waals surface area contributed by atoms with Crippen molar-refractivity contribution in [2.45, 2.75) is 44.7 Å². The van der Waals surface area contributed by atoms with Crippen LogP contribution >= 0.6 is 0 Å². The maximum atomic E-state index is 12.8. The average molecular weight is 319 g/mol. The lowest BCUT2D eigenvalue weighted by molar-refractivity contribution is 0.0816. The van der Waals surface area contributed by atoms with Crippen molar-refractivity contribution in [3.8, 4) is 0 Å². The van der Waals surface area contributed by atoms with E-state index in [1.54, 1.807) is 7.11 Å². The standard InChI is InChI=1S/C16H25N5O2/c1-23-11-14-15-13(21(18-17-15)10-12-4-5-12)6-9-20(14)16(22)19-7-2-3-8-19/h12,14H,2-11H2,1H3/t14-/m0/s1. The minimum atomic E-state index is -0.107. The lowest BCUT2D eigenvalue weighted by Crippen LogP contribution is -2.48. The Hall–Kier alpha value is -1.63. The van der Waals surface area contributed by atoms with E-state index in [9.17, 15) is 4.79 Å². The molecule has 7 heteroatoms. The minimum Gasteiger partial charge on any atom is -0.382 e. The van der Waals surface area contributed by atoms with Crippen LogP contribution in [0.2, 0.25) is 0 Å². The third-order valence-electron chi connectivity index (χ3n) is 5.22. The summed E-state index contributed by atoms with van der Waals surface area (Å²) in [5.41, 5.74) is 2.13. The van der Waals surface area contributed by atoms with Gasteiger partial charge in [0.2, 0.25) is 0 Å². The molecule has 1 aromatic heterocycles. The molecule has 0 radical (unpaired) electrons. The lowest BCUT2D eigenvalue weighted by Gasteiger charge is -2.36. The summed E-state index contributed by atoms with van der Waals surface area (Å²) in [6, 6.07) is 0.0248. The molecule has 0 unspecified atom stereocenters. The summed E-state index contributed by atoms with van der Waals surface area (Å²) in [6.07, 6.45) is 5.66. The Labute approximate surface area is 136 Å². The van der Waals surface area contributed by atoms with Crippen molar-refractivity contribution in [3.05, 3.63) is 11.4 Å². The Morgan fingerprint density at radius 2 is 2.04 bits per heavy atom. The number of ether oxygens (including phenoxy) is 1. The normalized spacial score (nSPS) is 24.1. The third-order valence-corrected chi connectivity index (χ3v) is 5.22. The first kappa shape index (κ1) is 14.9. The zero-order valence-corrected chi connectivity index (χ0v) is 13.8. The van der Waals surface area contributed by atoms with Crippen LogP contribution in [0, 0.1) is 5.92 Å². The van der Waals surface area contributed by atoms with E-state index in [2.05, 4.69) is 15.0 Å². The fourth-order valence-corrected chi connectivity index (χ4v) is 3.73. The van der Waals surface area contributed by atoms with Crippen LogP contribution in [0.25, 0.3) is 0 Å². The molecule has 126 valence electrons. The van der Waals surface area contributed by atoms with Gasteiger partial charge < -0.3 is 14.5 Å². The van der Waals surface area contributed by atoms with Crippen molar-refractivity contribution in [2.75, 3.05) is 33.4 Å². The largest absolute Gasteiger partial charge is 0.382 e. The molecule has 3 aliphatic rings.